The van der Waals surface area contributed by atoms with Crippen LogP contribution in [0.1, 0.15) is 6.92 Å². The van der Waals surface area contributed by atoms with E-state index in [0.29, 0.717) is 11.5 Å². The summed E-state index contributed by atoms with van der Waals surface area (Å²) in [6.45, 7) is 1.68. The Bertz CT molecular complexity index is 890. The van der Waals surface area contributed by atoms with Crippen LogP contribution in [-0.2, 0) is 0 Å². The minimum absolute atomic E-state index is 0.0242. The first-order valence-corrected chi connectivity index (χ1v) is 8.09. The normalized spacial score (nSPS) is 11.8. The molecule has 0 aliphatic carbocycles. The Morgan fingerprint density at radius 2 is 1.81 bits per heavy atom. The number of aliphatic hydroxyl groups is 1. The van der Waals surface area contributed by atoms with Gasteiger partial charge in [0.25, 0.3) is 0 Å². The van der Waals surface area contributed by atoms with Gasteiger partial charge in [-0.05, 0) is 19.1 Å². The average Bonchev–Trinajstić information content (AvgIpc) is 2.66. The molecule has 7 heteroatoms. The Hall–Kier alpha value is -3.06. The third-order valence-corrected chi connectivity index (χ3v) is 3.66. The maximum Gasteiger partial charge on any atom is 0.225 e. The van der Waals surface area contributed by atoms with Crippen LogP contribution in [0.2, 0.25) is 0 Å². The molecular weight excluding hydrogens is 338 g/mol. The van der Waals surface area contributed by atoms with E-state index in [1.54, 1.807) is 13.0 Å². The van der Waals surface area contributed by atoms with E-state index in [-0.39, 0.29) is 24.3 Å². The zero-order valence-electron chi connectivity index (χ0n) is 14.1. The van der Waals surface area contributed by atoms with Crippen LogP contribution in [-0.4, -0.2) is 27.7 Å². The van der Waals surface area contributed by atoms with Gasteiger partial charge < -0.3 is 15.7 Å². The van der Waals surface area contributed by atoms with Crippen molar-refractivity contribution in [2.45, 2.75) is 13.0 Å². The highest BCUT2D eigenvalue weighted by Crippen LogP contribution is 2.25. The molecule has 0 fully saturated rings. The molecule has 0 aliphatic heterocycles. The van der Waals surface area contributed by atoms with Crippen LogP contribution >= 0.6 is 0 Å². The molecular formula is C19H18F2N4O. The molecule has 3 N–H and O–H groups in total. The molecule has 5 nitrogen and oxygen atoms in total. The number of rotatable bonds is 6. The van der Waals surface area contributed by atoms with Crippen LogP contribution in [0.15, 0.2) is 54.6 Å². The molecule has 1 aromatic heterocycles. The maximum absolute atomic E-state index is 13.9. The number of halogens is 2. The van der Waals surface area contributed by atoms with Crippen molar-refractivity contribution in [2.24, 2.45) is 0 Å². The fraction of sp³-hybridized carbons (Fsp3) is 0.158. The second-order valence-electron chi connectivity index (χ2n) is 5.78. The third-order valence-electron chi connectivity index (χ3n) is 3.66. The number of hydrogen-bond acceptors (Lipinski definition) is 5. The standard InChI is InChI=1S/C19H18F2N4O/c1-12(11-26)22-19-24-16(13-6-3-2-4-7-13)10-17(25-19)23-15-9-5-8-14(20)18(15)21/h2-10,12,26H,11H2,1H3,(H2,22,23,24,25)/t12-/m0/s1. The number of benzene rings is 2. The van der Waals surface area contributed by atoms with Crippen LogP contribution in [0.3, 0.4) is 0 Å². The van der Waals surface area contributed by atoms with E-state index in [0.717, 1.165) is 11.6 Å². The number of aliphatic hydroxyl groups excluding tert-OH is 1. The number of nitrogens with one attached hydrogen (secondary N) is 2. The monoisotopic (exact) mass is 356 g/mol. The van der Waals surface area contributed by atoms with Gasteiger partial charge in [0.15, 0.2) is 11.6 Å². The van der Waals surface area contributed by atoms with Gasteiger partial charge in [0.1, 0.15) is 5.82 Å². The summed E-state index contributed by atoms with van der Waals surface area (Å²) in [6, 6.07) is 14.7. The SMILES string of the molecule is C[C@@H](CO)Nc1nc(Nc2cccc(F)c2F)cc(-c2ccccc2)n1. The summed E-state index contributed by atoms with van der Waals surface area (Å²) in [5.41, 5.74) is 1.42. The quantitative estimate of drug-likeness (QED) is 0.624. The summed E-state index contributed by atoms with van der Waals surface area (Å²) in [5, 5.41) is 15.0. The summed E-state index contributed by atoms with van der Waals surface area (Å²) in [4.78, 5) is 8.71. The van der Waals surface area contributed by atoms with Gasteiger partial charge in [-0.15, -0.1) is 0 Å². The average molecular weight is 356 g/mol. The summed E-state index contributed by atoms with van der Waals surface area (Å²) < 4.78 is 27.4. The molecule has 0 spiro atoms. The van der Waals surface area contributed by atoms with Crippen LogP contribution in [0.25, 0.3) is 11.3 Å². The van der Waals surface area contributed by atoms with Crippen molar-refractivity contribution in [1.82, 2.24) is 9.97 Å². The number of aromatic nitrogens is 2. The van der Waals surface area contributed by atoms with Crippen molar-refractivity contribution in [3.8, 4) is 11.3 Å². The number of anilines is 3. The Morgan fingerprint density at radius 3 is 2.54 bits per heavy atom. The molecule has 0 unspecified atom stereocenters. The largest absolute Gasteiger partial charge is 0.394 e. The zero-order chi connectivity index (χ0) is 18.5. The number of hydrogen-bond donors (Lipinski definition) is 3. The molecule has 26 heavy (non-hydrogen) atoms. The third kappa shape index (κ3) is 4.12. The Morgan fingerprint density at radius 1 is 1.04 bits per heavy atom. The van der Waals surface area contributed by atoms with E-state index < -0.39 is 11.6 Å². The van der Waals surface area contributed by atoms with Crippen LogP contribution < -0.4 is 10.6 Å². The van der Waals surface area contributed by atoms with Gasteiger partial charge in [-0.1, -0.05) is 36.4 Å². The Balaban J connectivity index is 2.00. The highest BCUT2D eigenvalue weighted by molar-refractivity contribution is 5.67. The van der Waals surface area contributed by atoms with Gasteiger partial charge in [0, 0.05) is 17.7 Å². The van der Waals surface area contributed by atoms with Gasteiger partial charge in [-0.2, -0.15) is 4.98 Å². The van der Waals surface area contributed by atoms with Crippen molar-refractivity contribution in [3.05, 3.63) is 66.2 Å². The van der Waals surface area contributed by atoms with Crippen molar-refractivity contribution in [3.63, 3.8) is 0 Å². The van der Waals surface area contributed by atoms with Gasteiger partial charge in [-0.25, -0.2) is 13.8 Å². The molecule has 3 aromatic rings. The van der Waals surface area contributed by atoms with E-state index in [1.807, 2.05) is 30.3 Å². The summed E-state index contributed by atoms with van der Waals surface area (Å²) >= 11 is 0. The van der Waals surface area contributed by atoms with Gasteiger partial charge in [0.2, 0.25) is 5.95 Å². The molecule has 0 bridgehead atoms. The molecule has 0 saturated heterocycles. The highest BCUT2D eigenvalue weighted by atomic mass is 19.2. The summed E-state index contributed by atoms with van der Waals surface area (Å²) in [5.74, 6) is -1.35. The molecule has 3 rings (SSSR count). The molecule has 1 atom stereocenters. The minimum atomic E-state index is -0.981. The highest BCUT2D eigenvalue weighted by Gasteiger charge is 2.12. The van der Waals surface area contributed by atoms with E-state index in [9.17, 15) is 13.9 Å². The molecule has 0 saturated carbocycles. The molecule has 0 amide bonds. The molecule has 2 aromatic carbocycles. The second kappa shape index (κ2) is 7.88. The van der Waals surface area contributed by atoms with Crippen molar-refractivity contribution in [2.75, 3.05) is 17.2 Å². The van der Waals surface area contributed by atoms with E-state index in [1.165, 1.54) is 12.1 Å². The van der Waals surface area contributed by atoms with Crippen LogP contribution in [0.4, 0.5) is 26.2 Å². The Labute approximate surface area is 149 Å². The van der Waals surface area contributed by atoms with Crippen molar-refractivity contribution < 1.29 is 13.9 Å². The number of nitrogens with zero attached hydrogens (tertiary/aromatic N) is 2. The van der Waals surface area contributed by atoms with Crippen LogP contribution in [0, 0.1) is 11.6 Å². The van der Waals surface area contributed by atoms with Crippen LogP contribution in [0.5, 0.6) is 0 Å². The summed E-state index contributed by atoms with van der Waals surface area (Å²) in [7, 11) is 0. The molecule has 134 valence electrons. The predicted octanol–water partition coefficient (Wildman–Crippen LogP) is 3.96. The smallest absolute Gasteiger partial charge is 0.225 e. The first-order valence-electron chi connectivity index (χ1n) is 8.09. The summed E-state index contributed by atoms with van der Waals surface area (Å²) in [6.07, 6.45) is 0. The van der Waals surface area contributed by atoms with E-state index in [2.05, 4.69) is 20.6 Å². The lowest BCUT2D eigenvalue weighted by atomic mass is 10.1. The molecule has 1 heterocycles. The van der Waals surface area contributed by atoms with Gasteiger partial charge in [-0.3, -0.25) is 0 Å². The fourth-order valence-corrected chi connectivity index (χ4v) is 2.34. The van der Waals surface area contributed by atoms with Gasteiger partial charge in [0.05, 0.1) is 18.0 Å². The Kier molecular flexibility index (Phi) is 5.38. The lowest BCUT2D eigenvalue weighted by Crippen LogP contribution is -2.21. The topological polar surface area (TPSA) is 70.1 Å². The lowest BCUT2D eigenvalue weighted by Gasteiger charge is -2.14. The fourth-order valence-electron chi connectivity index (χ4n) is 2.34. The van der Waals surface area contributed by atoms with Crippen molar-refractivity contribution >= 4 is 17.5 Å². The first-order chi connectivity index (χ1) is 12.6. The molecule has 0 radical (unpaired) electrons. The first kappa shape index (κ1) is 17.8. The lowest BCUT2D eigenvalue weighted by molar-refractivity contribution is 0.281. The molecule has 0 aliphatic rings. The van der Waals surface area contributed by atoms with Gasteiger partial charge >= 0.3 is 0 Å². The van der Waals surface area contributed by atoms with E-state index in [4.69, 9.17) is 0 Å². The second-order valence-corrected chi connectivity index (χ2v) is 5.78. The zero-order valence-corrected chi connectivity index (χ0v) is 14.1. The maximum atomic E-state index is 13.9. The van der Waals surface area contributed by atoms with E-state index >= 15 is 0 Å². The van der Waals surface area contributed by atoms with Crippen molar-refractivity contribution in [1.29, 1.82) is 0 Å². The predicted molar refractivity (Wildman–Crippen MR) is 97.3 cm³/mol. The minimum Gasteiger partial charge on any atom is -0.394 e.